The number of pyridine rings is 1. The molecule has 0 amide bonds. The van der Waals surface area contributed by atoms with Crippen molar-refractivity contribution in [3.05, 3.63) is 29.1 Å². The van der Waals surface area contributed by atoms with Gasteiger partial charge in [-0.3, -0.25) is 0 Å². The zero-order valence-electron chi connectivity index (χ0n) is 8.81. The highest BCUT2D eigenvalue weighted by molar-refractivity contribution is 6.29. The Labute approximate surface area is 98.2 Å². The minimum Gasteiger partial charge on any atom is -0.368 e. The van der Waals surface area contributed by atoms with Crippen LogP contribution in [0, 0.1) is 0 Å². The third kappa shape index (κ3) is 2.12. The number of anilines is 1. The van der Waals surface area contributed by atoms with Gasteiger partial charge >= 0.3 is 0 Å². The number of hydrogen-bond acceptors (Lipinski definition) is 4. The van der Waals surface area contributed by atoms with Crippen molar-refractivity contribution in [3.63, 3.8) is 0 Å². The molecule has 4 nitrogen and oxygen atoms in total. The van der Waals surface area contributed by atoms with Crippen LogP contribution in [0.3, 0.4) is 0 Å². The van der Waals surface area contributed by atoms with E-state index in [0.29, 0.717) is 21.9 Å². The maximum atomic E-state index is 5.84. The summed E-state index contributed by atoms with van der Waals surface area (Å²) in [5.41, 5.74) is 7.69. The minimum absolute atomic E-state index is 0.243. The highest BCUT2D eigenvalue weighted by atomic mass is 35.5. The topological polar surface area (TPSA) is 64.7 Å². The standard InChI is InChI=1S/C11H11ClN4/c1-2-3-4-7-10-8(15-11(13)14-7)5-6-9(12)16-10/h3-6H,2H2,1H3,(H2,13,14,15)/b4-3+. The first kappa shape index (κ1) is 10.8. The van der Waals surface area contributed by atoms with Gasteiger partial charge in [-0.25, -0.2) is 15.0 Å². The molecule has 0 saturated carbocycles. The van der Waals surface area contributed by atoms with Gasteiger partial charge < -0.3 is 5.73 Å². The van der Waals surface area contributed by atoms with E-state index in [9.17, 15) is 0 Å². The Bertz CT molecular complexity index is 551. The van der Waals surface area contributed by atoms with Crippen LogP contribution < -0.4 is 5.73 Å². The van der Waals surface area contributed by atoms with Crippen molar-refractivity contribution in [2.24, 2.45) is 0 Å². The quantitative estimate of drug-likeness (QED) is 0.812. The molecule has 0 radical (unpaired) electrons. The number of fused-ring (bicyclic) bond motifs is 1. The summed E-state index contributed by atoms with van der Waals surface area (Å²) in [5, 5.41) is 0.423. The Morgan fingerprint density at radius 1 is 1.31 bits per heavy atom. The number of halogens is 1. The molecule has 2 heterocycles. The first-order chi connectivity index (χ1) is 7.70. The first-order valence-corrected chi connectivity index (χ1v) is 5.35. The normalized spacial score (nSPS) is 11.4. The van der Waals surface area contributed by atoms with Gasteiger partial charge in [0, 0.05) is 0 Å². The third-order valence-corrected chi connectivity index (χ3v) is 2.27. The molecule has 2 aromatic heterocycles. The second kappa shape index (κ2) is 4.45. The fraction of sp³-hybridized carbons (Fsp3) is 0.182. The maximum Gasteiger partial charge on any atom is 0.221 e. The molecule has 0 fully saturated rings. The van der Waals surface area contributed by atoms with Crippen molar-refractivity contribution in [2.45, 2.75) is 13.3 Å². The lowest BCUT2D eigenvalue weighted by Gasteiger charge is -2.02. The Hall–Kier alpha value is -1.68. The van der Waals surface area contributed by atoms with Crippen LogP contribution in [0.25, 0.3) is 17.1 Å². The van der Waals surface area contributed by atoms with Crippen LogP contribution in [0.1, 0.15) is 19.0 Å². The number of allylic oxidation sites excluding steroid dienone is 1. The number of hydrogen-bond donors (Lipinski definition) is 1. The molecule has 0 aliphatic carbocycles. The average molecular weight is 235 g/mol. The fourth-order valence-corrected chi connectivity index (χ4v) is 1.52. The molecule has 0 atom stereocenters. The zero-order valence-corrected chi connectivity index (χ0v) is 9.57. The predicted molar refractivity (Wildman–Crippen MR) is 66.1 cm³/mol. The Morgan fingerprint density at radius 2 is 2.12 bits per heavy atom. The van der Waals surface area contributed by atoms with Crippen LogP contribution in [0.15, 0.2) is 18.2 Å². The smallest absolute Gasteiger partial charge is 0.221 e. The number of nitrogens with zero attached hydrogens (tertiary/aromatic N) is 3. The molecule has 5 heteroatoms. The molecular formula is C11H11ClN4. The van der Waals surface area contributed by atoms with E-state index in [2.05, 4.69) is 15.0 Å². The van der Waals surface area contributed by atoms with Gasteiger partial charge in [0.15, 0.2) is 0 Å². The lowest BCUT2D eigenvalue weighted by molar-refractivity contribution is 1.18. The zero-order chi connectivity index (χ0) is 11.5. The van der Waals surface area contributed by atoms with Crippen molar-refractivity contribution in [2.75, 3.05) is 5.73 Å². The molecule has 16 heavy (non-hydrogen) atoms. The van der Waals surface area contributed by atoms with Gasteiger partial charge in [0.1, 0.15) is 10.7 Å². The third-order valence-electron chi connectivity index (χ3n) is 2.06. The van der Waals surface area contributed by atoms with E-state index >= 15 is 0 Å². The SMILES string of the molecule is CC/C=C/c1nc(N)nc2ccc(Cl)nc12. The fourth-order valence-electron chi connectivity index (χ4n) is 1.38. The number of nitrogens with two attached hydrogens (primary N) is 1. The van der Waals surface area contributed by atoms with E-state index in [1.54, 1.807) is 12.1 Å². The van der Waals surface area contributed by atoms with Gasteiger partial charge in [-0.05, 0) is 24.6 Å². The van der Waals surface area contributed by atoms with Gasteiger partial charge in [0.25, 0.3) is 0 Å². The minimum atomic E-state index is 0.243. The van der Waals surface area contributed by atoms with Crippen LogP contribution in [0.2, 0.25) is 5.15 Å². The molecule has 2 N–H and O–H groups in total. The van der Waals surface area contributed by atoms with Crippen molar-refractivity contribution < 1.29 is 0 Å². The Kier molecular flexibility index (Phi) is 3.01. The number of aromatic nitrogens is 3. The monoisotopic (exact) mass is 234 g/mol. The second-order valence-corrected chi connectivity index (χ2v) is 3.67. The van der Waals surface area contributed by atoms with Gasteiger partial charge in [0.2, 0.25) is 5.95 Å². The largest absolute Gasteiger partial charge is 0.368 e. The van der Waals surface area contributed by atoms with E-state index in [1.807, 2.05) is 19.1 Å². The van der Waals surface area contributed by atoms with Crippen LogP contribution in [0.4, 0.5) is 5.95 Å². The lowest BCUT2D eigenvalue weighted by Crippen LogP contribution is -1.99. The molecule has 82 valence electrons. The van der Waals surface area contributed by atoms with Crippen molar-refractivity contribution in [1.82, 2.24) is 15.0 Å². The lowest BCUT2D eigenvalue weighted by atomic mass is 10.2. The first-order valence-electron chi connectivity index (χ1n) is 4.97. The summed E-state index contributed by atoms with van der Waals surface area (Å²) in [5.74, 6) is 0.243. The van der Waals surface area contributed by atoms with E-state index in [-0.39, 0.29) is 5.95 Å². The summed E-state index contributed by atoms with van der Waals surface area (Å²) in [7, 11) is 0. The highest BCUT2D eigenvalue weighted by Gasteiger charge is 2.05. The van der Waals surface area contributed by atoms with Gasteiger partial charge in [-0.2, -0.15) is 0 Å². The Morgan fingerprint density at radius 3 is 2.88 bits per heavy atom. The highest BCUT2D eigenvalue weighted by Crippen LogP contribution is 2.18. The van der Waals surface area contributed by atoms with E-state index < -0.39 is 0 Å². The average Bonchev–Trinajstić information content (AvgIpc) is 2.26. The van der Waals surface area contributed by atoms with Crippen LogP contribution >= 0.6 is 11.6 Å². The van der Waals surface area contributed by atoms with Crippen LogP contribution in [-0.2, 0) is 0 Å². The van der Waals surface area contributed by atoms with Gasteiger partial charge in [-0.1, -0.05) is 24.6 Å². The predicted octanol–water partition coefficient (Wildman–Crippen LogP) is 2.68. The van der Waals surface area contributed by atoms with E-state index in [1.165, 1.54) is 0 Å². The molecule has 0 saturated heterocycles. The Balaban J connectivity index is 2.69. The van der Waals surface area contributed by atoms with Crippen molar-refractivity contribution in [3.8, 4) is 0 Å². The molecule has 0 aromatic carbocycles. The summed E-state index contributed by atoms with van der Waals surface area (Å²) >= 11 is 5.84. The molecular weight excluding hydrogens is 224 g/mol. The molecule has 0 unspecified atom stereocenters. The molecule has 2 rings (SSSR count). The summed E-state index contributed by atoms with van der Waals surface area (Å²) in [6.45, 7) is 2.05. The summed E-state index contributed by atoms with van der Waals surface area (Å²) in [6.07, 6.45) is 4.79. The molecule has 2 aromatic rings. The molecule has 0 spiro atoms. The second-order valence-electron chi connectivity index (χ2n) is 3.28. The van der Waals surface area contributed by atoms with E-state index in [4.69, 9.17) is 17.3 Å². The van der Waals surface area contributed by atoms with Gasteiger partial charge in [-0.15, -0.1) is 0 Å². The van der Waals surface area contributed by atoms with Crippen LogP contribution in [-0.4, -0.2) is 15.0 Å². The van der Waals surface area contributed by atoms with Crippen molar-refractivity contribution in [1.29, 1.82) is 0 Å². The number of nitrogen functional groups attached to an aromatic ring is 1. The molecule has 0 bridgehead atoms. The maximum absolute atomic E-state index is 5.84. The molecule has 0 aliphatic rings. The summed E-state index contributed by atoms with van der Waals surface area (Å²) < 4.78 is 0. The van der Waals surface area contributed by atoms with E-state index in [0.717, 1.165) is 6.42 Å². The number of rotatable bonds is 2. The summed E-state index contributed by atoms with van der Waals surface area (Å²) in [4.78, 5) is 12.4. The molecule has 0 aliphatic heterocycles. The summed E-state index contributed by atoms with van der Waals surface area (Å²) in [6, 6.07) is 3.47. The van der Waals surface area contributed by atoms with Crippen molar-refractivity contribution >= 4 is 34.7 Å². The van der Waals surface area contributed by atoms with Crippen LogP contribution in [0.5, 0.6) is 0 Å². The van der Waals surface area contributed by atoms with Gasteiger partial charge in [0.05, 0.1) is 11.2 Å².